The van der Waals surface area contributed by atoms with Gasteiger partial charge in [-0.2, -0.15) is 0 Å². The van der Waals surface area contributed by atoms with E-state index in [2.05, 4.69) is 35.0 Å². The van der Waals surface area contributed by atoms with Crippen LogP contribution in [0, 0.1) is 0 Å². The Hall–Kier alpha value is -2.01. The Morgan fingerprint density at radius 3 is 3.14 bits per heavy atom. The first-order valence-electron chi connectivity index (χ1n) is 7.63. The number of nitrogen functional groups attached to an aromatic ring is 1. The zero-order valence-corrected chi connectivity index (χ0v) is 13.4. The Balaban J connectivity index is 1.60. The zero-order valence-electron chi connectivity index (χ0n) is 12.6. The fourth-order valence-corrected chi connectivity index (χ4v) is 4.18. The molecule has 0 bridgehead atoms. The predicted molar refractivity (Wildman–Crippen MR) is 90.1 cm³/mol. The Kier molecular flexibility index (Phi) is 3.30. The molecule has 4 nitrogen and oxygen atoms in total. The summed E-state index contributed by atoms with van der Waals surface area (Å²) in [5, 5.41) is 0.694. The van der Waals surface area contributed by atoms with E-state index in [0.29, 0.717) is 17.7 Å². The van der Waals surface area contributed by atoms with Crippen molar-refractivity contribution in [2.75, 3.05) is 25.4 Å². The molecule has 1 aromatic carbocycles. The van der Waals surface area contributed by atoms with Crippen LogP contribution < -0.4 is 10.5 Å². The second-order valence-corrected chi connectivity index (χ2v) is 7.03. The number of anilines is 1. The van der Waals surface area contributed by atoms with Gasteiger partial charge in [0.15, 0.2) is 5.13 Å². The molecule has 4 rings (SSSR count). The molecule has 1 atom stereocenters. The van der Waals surface area contributed by atoms with Crippen LogP contribution in [0.15, 0.2) is 30.0 Å². The number of aromatic nitrogens is 1. The smallest absolute Gasteiger partial charge is 0.180 e. The molecule has 2 aromatic rings. The fourth-order valence-electron chi connectivity index (χ4n) is 3.24. The van der Waals surface area contributed by atoms with E-state index in [0.717, 1.165) is 30.8 Å². The van der Waals surface area contributed by atoms with Gasteiger partial charge < -0.3 is 15.4 Å². The lowest BCUT2D eigenvalue weighted by molar-refractivity contribution is 0.260. The average Bonchev–Trinajstić information content (AvgIpc) is 2.84. The van der Waals surface area contributed by atoms with E-state index in [9.17, 15) is 0 Å². The molecule has 0 amide bonds. The number of thiazole rings is 1. The van der Waals surface area contributed by atoms with Crippen LogP contribution in [0.3, 0.4) is 0 Å². The molecule has 1 unspecified atom stereocenters. The van der Waals surface area contributed by atoms with Crippen LogP contribution in [0.2, 0.25) is 0 Å². The second kappa shape index (κ2) is 5.32. The maximum atomic E-state index is 5.90. The van der Waals surface area contributed by atoms with Crippen molar-refractivity contribution in [2.24, 2.45) is 0 Å². The highest BCUT2D eigenvalue weighted by molar-refractivity contribution is 7.15. The van der Waals surface area contributed by atoms with Crippen LogP contribution in [-0.4, -0.2) is 29.6 Å². The molecule has 5 heteroatoms. The number of fused-ring (bicyclic) bond motifs is 2. The van der Waals surface area contributed by atoms with Gasteiger partial charge in [0, 0.05) is 35.9 Å². The van der Waals surface area contributed by atoms with E-state index >= 15 is 0 Å². The summed E-state index contributed by atoms with van der Waals surface area (Å²) in [6.45, 7) is 4.84. The van der Waals surface area contributed by atoms with Gasteiger partial charge in [-0.25, -0.2) is 4.98 Å². The van der Waals surface area contributed by atoms with Crippen molar-refractivity contribution in [1.29, 1.82) is 0 Å². The topological polar surface area (TPSA) is 51.4 Å². The third-order valence-corrected chi connectivity index (χ3v) is 5.30. The Morgan fingerprint density at radius 2 is 2.23 bits per heavy atom. The average molecular weight is 313 g/mol. The molecule has 0 radical (unpaired) electrons. The largest absolute Gasteiger partial charge is 0.487 e. The van der Waals surface area contributed by atoms with E-state index < -0.39 is 0 Å². The van der Waals surface area contributed by atoms with Crippen molar-refractivity contribution in [3.63, 3.8) is 0 Å². The second-order valence-electron chi connectivity index (χ2n) is 5.92. The lowest BCUT2D eigenvalue weighted by atomic mass is 10.1. The monoisotopic (exact) mass is 313 g/mol. The summed E-state index contributed by atoms with van der Waals surface area (Å²) < 4.78 is 5.90. The van der Waals surface area contributed by atoms with Gasteiger partial charge in [0.05, 0.1) is 11.4 Å². The maximum absolute atomic E-state index is 5.90. The number of para-hydroxylation sites is 1. The van der Waals surface area contributed by atoms with E-state index in [4.69, 9.17) is 10.5 Å². The van der Waals surface area contributed by atoms with E-state index in [-0.39, 0.29) is 0 Å². The number of hydrogen-bond donors (Lipinski definition) is 1. The van der Waals surface area contributed by atoms with Crippen LogP contribution in [0.4, 0.5) is 5.13 Å². The van der Waals surface area contributed by atoms with Gasteiger partial charge in [0.25, 0.3) is 0 Å². The minimum Gasteiger partial charge on any atom is -0.487 e. The van der Waals surface area contributed by atoms with Gasteiger partial charge in [-0.3, -0.25) is 0 Å². The van der Waals surface area contributed by atoms with Crippen LogP contribution in [0.5, 0.6) is 5.75 Å². The molecule has 2 N–H and O–H groups in total. The molecule has 2 aliphatic heterocycles. The minimum absolute atomic E-state index is 0.393. The van der Waals surface area contributed by atoms with Gasteiger partial charge in [-0.1, -0.05) is 25.1 Å². The van der Waals surface area contributed by atoms with Crippen molar-refractivity contribution in [3.8, 4) is 5.75 Å². The number of nitrogens with two attached hydrogens (primary N) is 1. The Bertz CT molecular complexity index is 737. The summed E-state index contributed by atoms with van der Waals surface area (Å²) in [6, 6.07) is 8.20. The van der Waals surface area contributed by atoms with Gasteiger partial charge >= 0.3 is 0 Å². The third-order valence-electron chi connectivity index (χ3n) is 4.34. The molecule has 114 valence electrons. The van der Waals surface area contributed by atoms with Crippen LogP contribution >= 0.6 is 11.3 Å². The summed E-state index contributed by atoms with van der Waals surface area (Å²) in [4.78, 5) is 8.30. The highest BCUT2D eigenvalue weighted by Crippen LogP contribution is 2.33. The number of rotatable bonds is 1. The van der Waals surface area contributed by atoms with Gasteiger partial charge in [-0.05, 0) is 12.1 Å². The van der Waals surface area contributed by atoms with Crippen molar-refractivity contribution in [2.45, 2.75) is 19.3 Å². The molecule has 0 fully saturated rings. The first kappa shape index (κ1) is 13.6. The highest BCUT2D eigenvalue weighted by Gasteiger charge is 2.26. The minimum atomic E-state index is 0.393. The highest BCUT2D eigenvalue weighted by atomic mass is 32.1. The fraction of sp³-hybridized carbons (Fsp3) is 0.353. The molecule has 3 heterocycles. The van der Waals surface area contributed by atoms with E-state index in [1.54, 1.807) is 11.3 Å². The molecular formula is C17H19N3OS. The van der Waals surface area contributed by atoms with Gasteiger partial charge in [-0.15, -0.1) is 11.3 Å². The Labute approximate surface area is 134 Å². The van der Waals surface area contributed by atoms with E-state index in [1.807, 2.05) is 12.1 Å². The van der Waals surface area contributed by atoms with Gasteiger partial charge in [0.1, 0.15) is 12.4 Å². The predicted octanol–water partition coefficient (Wildman–Crippen LogP) is 3.12. The summed E-state index contributed by atoms with van der Waals surface area (Å²) in [5.41, 5.74) is 9.47. The molecule has 0 saturated heterocycles. The van der Waals surface area contributed by atoms with Crippen LogP contribution in [0.25, 0.3) is 6.08 Å². The van der Waals surface area contributed by atoms with Crippen LogP contribution in [0.1, 0.15) is 29.0 Å². The molecule has 0 aliphatic carbocycles. The molecule has 0 saturated carbocycles. The maximum Gasteiger partial charge on any atom is 0.180 e. The number of ether oxygens (including phenoxy) is 1. The molecule has 22 heavy (non-hydrogen) atoms. The third kappa shape index (κ3) is 2.35. The van der Waals surface area contributed by atoms with Crippen LogP contribution in [-0.2, 0) is 6.42 Å². The summed E-state index contributed by atoms with van der Waals surface area (Å²) in [5.74, 6) is 1.37. The van der Waals surface area contributed by atoms with Crippen molar-refractivity contribution in [3.05, 3.63) is 46.1 Å². The number of hydrogen-bond acceptors (Lipinski definition) is 5. The SMILES string of the molecule is CC1CN(C2=Cc3ccccc3OC2)CCc2sc(N)nc21. The van der Waals surface area contributed by atoms with Crippen molar-refractivity contribution in [1.82, 2.24) is 9.88 Å². The Morgan fingerprint density at radius 1 is 1.36 bits per heavy atom. The molecule has 1 aromatic heterocycles. The lowest BCUT2D eigenvalue weighted by Gasteiger charge is -2.30. The summed E-state index contributed by atoms with van der Waals surface area (Å²) >= 11 is 1.63. The normalized spacial score (nSPS) is 20.5. The standard InChI is InChI=1S/C17H19N3OS/c1-11-9-20(7-6-15-16(11)19-17(18)22-15)13-8-12-4-2-3-5-14(12)21-10-13/h2-5,8,11H,6-7,9-10H2,1H3,(H2,18,19). The number of benzene rings is 1. The quantitative estimate of drug-likeness (QED) is 0.879. The first-order chi connectivity index (χ1) is 10.7. The van der Waals surface area contributed by atoms with Gasteiger partial charge in [0.2, 0.25) is 0 Å². The van der Waals surface area contributed by atoms with Crippen molar-refractivity contribution >= 4 is 22.5 Å². The summed E-state index contributed by atoms with van der Waals surface area (Å²) in [6.07, 6.45) is 3.26. The molecular weight excluding hydrogens is 294 g/mol. The zero-order chi connectivity index (χ0) is 15.1. The lowest BCUT2D eigenvalue weighted by Crippen LogP contribution is -2.31. The molecule has 0 spiro atoms. The first-order valence-corrected chi connectivity index (χ1v) is 8.45. The van der Waals surface area contributed by atoms with Crippen molar-refractivity contribution < 1.29 is 4.74 Å². The molecule has 2 aliphatic rings. The van der Waals surface area contributed by atoms with E-state index in [1.165, 1.54) is 16.3 Å². The summed E-state index contributed by atoms with van der Waals surface area (Å²) in [7, 11) is 0. The number of nitrogens with zero attached hydrogens (tertiary/aromatic N) is 2.